The smallest absolute Gasteiger partial charge is 1.00 e. The Morgan fingerprint density at radius 2 is 1.42 bits per heavy atom. The van der Waals surface area contributed by atoms with Gasteiger partial charge >= 0.3 is 76.1 Å². The van der Waals surface area contributed by atoms with Crippen molar-refractivity contribution in [3.05, 3.63) is 24.3 Å². The van der Waals surface area contributed by atoms with Gasteiger partial charge in [-0.25, -0.2) is 0 Å². The first-order chi connectivity index (χ1) is 4.88. The summed E-state index contributed by atoms with van der Waals surface area (Å²) in [7, 11) is 0. The summed E-state index contributed by atoms with van der Waals surface area (Å²) < 4.78 is 4.00. The van der Waals surface area contributed by atoms with E-state index in [-0.39, 0.29) is 24.8 Å². The van der Waals surface area contributed by atoms with Crippen LogP contribution in [0.25, 0.3) is 0 Å². The maximum atomic E-state index is 2.40. The predicted molar refractivity (Wildman–Crippen MR) is 43.0 cm³/mol. The molecule has 0 spiro atoms. The van der Waals surface area contributed by atoms with Crippen LogP contribution in [0.2, 0.25) is 7.97 Å². The van der Waals surface area contributed by atoms with E-state index in [1.807, 2.05) is 0 Å². The number of hydrogen-bond donors (Lipinski definition) is 0. The van der Waals surface area contributed by atoms with E-state index in [1.165, 1.54) is 5.65 Å². The molecule has 3 heteroatoms. The first kappa shape index (κ1) is 15.7. The molecule has 0 saturated heterocycles. The standard InChI is InChI=1S/C5H5.2C2H5.2ClH.La/c1-2-4-5-3-1;2*1-2;;;/h1-5H;2*1H2,2H3;2*1H;/p-2. The van der Waals surface area contributed by atoms with E-state index in [9.17, 15) is 0 Å². The van der Waals surface area contributed by atoms with Gasteiger partial charge < -0.3 is 24.8 Å². The Bertz CT molecular complexity index is 139. The Balaban J connectivity index is 0. The van der Waals surface area contributed by atoms with Crippen LogP contribution in [0.3, 0.4) is 0 Å². The second kappa shape index (κ2) is 8.84. The van der Waals surface area contributed by atoms with Gasteiger partial charge in [0.1, 0.15) is 0 Å². The van der Waals surface area contributed by atoms with Gasteiger partial charge in [0.05, 0.1) is 0 Å². The molecule has 0 aromatic heterocycles. The molecule has 0 N–H and O–H groups in total. The molecule has 1 aliphatic carbocycles. The van der Waals surface area contributed by atoms with Crippen LogP contribution in [0.15, 0.2) is 24.3 Å². The molecule has 0 fully saturated rings. The van der Waals surface area contributed by atoms with Crippen LogP contribution in [0.1, 0.15) is 13.8 Å². The molecular weight excluding hydrogens is 318 g/mol. The molecule has 1 rings (SSSR count). The van der Waals surface area contributed by atoms with E-state index in [0.29, 0.717) is 0 Å². The molecule has 0 amide bonds. The van der Waals surface area contributed by atoms with E-state index >= 15 is 0 Å². The molecule has 70 valence electrons. The largest absolute Gasteiger partial charge is 1.00 e. The van der Waals surface area contributed by atoms with Crippen molar-refractivity contribution < 1.29 is 54.8 Å². The van der Waals surface area contributed by atoms with E-state index in [0.717, 1.165) is 2.32 Å². The number of hydrogen-bond acceptors (Lipinski definition) is 0. The van der Waals surface area contributed by atoms with Gasteiger partial charge in [-0.2, -0.15) is 0 Å². The maximum absolute atomic E-state index is 2.40. The van der Waals surface area contributed by atoms with Gasteiger partial charge in [-0.3, -0.25) is 0 Å². The van der Waals surface area contributed by atoms with E-state index in [2.05, 4.69) is 38.2 Å². The number of allylic oxidation sites excluding steroid dienone is 4. The van der Waals surface area contributed by atoms with E-state index < -0.39 is 30.0 Å². The second-order valence-corrected chi connectivity index (χ2v) is 15.2. The summed E-state index contributed by atoms with van der Waals surface area (Å²) in [5, 5.41) is 0. The van der Waals surface area contributed by atoms with Crippen LogP contribution in [0, 0.1) is 30.0 Å². The monoisotopic (exact) mass is 332 g/mol. The zero-order valence-corrected chi connectivity index (χ0v) is 12.8. The van der Waals surface area contributed by atoms with Gasteiger partial charge in [0, 0.05) is 0 Å². The van der Waals surface area contributed by atoms with Gasteiger partial charge in [0.25, 0.3) is 0 Å². The average molecular weight is 333 g/mol. The Labute approximate surface area is 99.8 Å². The molecule has 0 radical (unpaired) electrons. The van der Waals surface area contributed by atoms with Gasteiger partial charge in [0.15, 0.2) is 0 Å². The minimum Gasteiger partial charge on any atom is -1.00 e. The third-order valence-corrected chi connectivity index (χ3v) is 13.8. The van der Waals surface area contributed by atoms with Crippen molar-refractivity contribution in [2.75, 3.05) is 0 Å². The van der Waals surface area contributed by atoms with Gasteiger partial charge in [0.2, 0.25) is 0 Å². The van der Waals surface area contributed by atoms with Gasteiger partial charge in [-0.1, -0.05) is 0 Å². The summed E-state index contributed by atoms with van der Waals surface area (Å²) in [5.41, 5.74) is 0. The third-order valence-electron chi connectivity index (χ3n) is 2.37. The van der Waals surface area contributed by atoms with Gasteiger partial charge in [-0.05, 0) is 0 Å². The molecule has 0 saturated carbocycles. The first-order valence-electron chi connectivity index (χ1n) is 4.23. The van der Waals surface area contributed by atoms with Crippen LogP contribution in [-0.4, -0.2) is 0 Å². The van der Waals surface area contributed by atoms with Crippen molar-refractivity contribution in [2.45, 2.75) is 21.8 Å². The summed E-state index contributed by atoms with van der Waals surface area (Å²) in [6.45, 7) is 4.74. The quantitative estimate of drug-likeness (QED) is 0.532. The summed E-state index contributed by atoms with van der Waals surface area (Å²) >= 11 is -1.19. The zero-order valence-electron chi connectivity index (χ0n) is 7.63. The first-order valence-corrected chi connectivity index (χ1v) is 11.5. The fraction of sp³-hybridized carbons (Fsp3) is 0.556. The summed E-state index contributed by atoms with van der Waals surface area (Å²) in [4.78, 5) is 0. The number of rotatable bonds is 3. The Hall–Kier alpha value is 1.25. The van der Waals surface area contributed by atoms with Crippen molar-refractivity contribution >= 4 is 0 Å². The molecule has 0 bridgehead atoms. The summed E-state index contributed by atoms with van der Waals surface area (Å²) in [5.74, 6) is 0. The van der Waals surface area contributed by atoms with Crippen LogP contribution >= 0.6 is 0 Å². The Morgan fingerprint density at radius 3 is 1.75 bits per heavy atom. The van der Waals surface area contributed by atoms with Crippen LogP contribution in [0.4, 0.5) is 0 Å². The normalized spacial score (nSPS) is 13.8. The van der Waals surface area contributed by atoms with E-state index in [4.69, 9.17) is 0 Å². The molecule has 12 heavy (non-hydrogen) atoms. The SMILES string of the molecule is C[CH2][La]([CH2]C)[CH]1C=CC=C1.[Cl-].[Cl-]. The topological polar surface area (TPSA) is 0 Å². The molecule has 0 atom stereocenters. The second-order valence-electron chi connectivity index (χ2n) is 2.92. The minimum absolute atomic E-state index is 0. The van der Waals surface area contributed by atoms with Crippen molar-refractivity contribution in [2.24, 2.45) is 0 Å². The Morgan fingerprint density at radius 1 is 1.00 bits per heavy atom. The molecule has 0 aromatic rings. The third kappa shape index (κ3) is 4.48. The van der Waals surface area contributed by atoms with Crippen molar-refractivity contribution in [3.8, 4) is 0 Å². The average Bonchev–Trinajstić information content (AvgIpc) is 2.43. The van der Waals surface area contributed by atoms with E-state index in [1.54, 1.807) is 0 Å². The molecule has 0 aromatic carbocycles. The van der Waals surface area contributed by atoms with Crippen LogP contribution < -0.4 is 24.8 Å². The molecule has 0 aliphatic heterocycles. The minimum atomic E-state index is -1.19. The molecule has 0 nitrogen and oxygen atoms in total. The maximum Gasteiger partial charge on any atom is -1.00 e. The summed E-state index contributed by atoms with van der Waals surface area (Å²) in [6.07, 6.45) is 9.23. The zero-order chi connectivity index (χ0) is 7.40. The fourth-order valence-corrected chi connectivity index (χ4v) is 9.61. The number of halogens is 2. The van der Waals surface area contributed by atoms with Crippen LogP contribution in [-0.2, 0) is 0 Å². The van der Waals surface area contributed by atoms with Crippen LogP contribution in [0.5, 0.6) is 0 Å². The Kier molecular flexibility index (Phi) is 11.6. The summed E-state index contributed by atoms with van der Waals surface area (Å²) in [6, 6.07) is 0. The van der Waals surface area contributed by atoms with Crippen molar-refractivity contribution in [3.63, 3.8) is 0 Å². The van der Waals surface area contributed by atoms with Crippen molar-refractivity contribution in [1.29, 1.82) is 0 Å². The molecule has 0 heterocycles. The molecule has 1 aliphatic rings. The predicted octanol–water partition coefficient (Wildman–Crippen LogP) is -2.59. The van der Waals surface area contributed by atoms with Gasteiger partial charge in [-0.15, -0.1) is 0 Å². The van der Waals surface area contributed by atoms with Crippen molar-refractivity contribution in [1.82, 2.24) is 0 Å². The molecular formula is C9H15Cl2La-2. The fourth-order valence-electron chi connectivity index (χ4n) is 1.60. The molecule has 0 unspecified atom stereocenters.